The number of furan rings is 1. The molecule has 0 radical (unpaired) electrons. The van der Waals surface area contributed by atoms with Crippen LogP contribution in [0.15, 0.2) is 77.2 Å². The minimum Gasteiger partial charge on any atom is -0.449 e. The second-order valence-electron chi connectivity index (χ2n) is 6.49. The van der Waals surface area contributed by atoms with Crippen molar-refractivity contribution >= 4 is 39.8 Å². The van der Waals surface area contributed by atoms with Crippen molar-refractivity contribution in [3.63, 3.8) is 0 Å². The maximum absolute atomic E-state index is 13.9. The van der Waals surface area contributed by atoms with Crippen LogP contribution in [-0.2, 0) is 0 Å². The van der Waals surface area contributed by atoms with Gasteiger partial charge in [0.05, 0.1) is 10.6 Å². The van der Waals surface area contributed by atoms with Crippen molar-refractivity contribution in [2.75, 3.05) is 10.6 Å². The number of carbonyl (C=O) groups is 2. The number of nitrogens with one attached hydrogen (secondary N) is 2. The van der Waals surface area contributed by atoms with E-state index in [1.54, 1.807) is 30.3 Å². The van der Waals surface area contributed by atoms with Gasteiger partial charge in [0.15, 0.2) is 0 Å². The number of nitro benzene ring substituents is 1. The summed E-state index contributed by atoms with van der Waals surface area (Å²) >= 11 is 0. The number of hydrogen-bond donors (Lipinski definition) is 2. The molecule has 0 atom stereocenters. The van der Waals surface area contributed by atoms with Crippen LogP contribution in [0.3, 0.4) is 0 Å². The highest BCUT2D eigenvalue weighted by Crippen LogP contribution is 2.32. The molecule has 2 N–H and O–H groups in total. The molecule has 0 aliphatic heterocycles. The van der Waals surface area contributed by atoms with Gasteiger partial charge in [-0.1, -0.05) is 24.3 Å². The second-order valence-corrected chi connectivity index (χ2v) is 6.49. The van der Waals surface area contributed by atoms with Crippen LogP contribution in [0, 0.1) is 15.9 Å². The minimum atomic E-state index is -0.750. The summed E-state index contributed by atoms with van der Waals surface area (Å²) in [6.45, 7) is 0. The summed E-state index contributed by atoms with van der Waals surface area (Å²) in [5.74, 6) is -2.18. The van der Waals surface area contributed by atoms with Crippen molar-refractivity contribution in [3.8, 4) is 0 Å². The largest absolute Gasteiger partial charge is 0.449 e. The standard InChI is InChI=1S/C22H14FN3O5/c23-16-6-2-3-7-17(16)24-22(28)20-19(15-5-1-4-8-18(15)31-20)25-21(27)13-9-11-14(12-10-13)26(29)30/h1-12H,(H,24,28)(H,25,27). The summed E-state index contributed by atoms with van der Waals surface area (Å²) < 4.78 is 19.6. The Balaban J connectivity index is 1.68. The van der Waals surface area contributed by atoms with Gasteiger partial charge in [0.2, 0.25) is 5.76 Å². The van der Waals surface area contributed by atoms with Crippen molar-refractivity contribution in [3.05, 3.63) is 100 Å². The lowest BCUT2D eigenvalue weighted by molar-refractivity contribution is -0.384. The van der Waals surface area contributed by atoms with Crippen LogP contribution in [0.25, 0.3) is 11.0 Å². The molecule has 0 saturated heterocycles. The maximum Gasteiger partial charge on any atom is 0.293 e. The number of amides is 2. The Kier molecular flexibility index (Phi) is 5.15. The van der Waals surface area contributed by atoms with Gasteiger partial charge in [-0.15, -0.1) is 0 Å². The minimum absolute atomic E-state index is 0.0411. The average Bonchev–Trinajstić information content (AvgIpc) is 3.14. The Hall–Kier alpha value is -4.53. The molecule has 9 heteroatoms. The van der Waals surface area contributed by atoms with E-state index in [1.165, 1.54) is 42.5 Å². The Morgan fingerprint density at radius 1 is 0.871 bits per heavy atom. The molecule has 1 aromatic heterocycles. The van der Waals surface area contributed by atoms with Crippen LogP contribution >= 0.6 is 0 Å². The lowest BCUT2D eigenvalue weighted by Crippen LogP contribution is -2.17. The zero-order chi connectivity index (χ0) is 22.0. The summed E-state index contributed by atoms with van der Waals surface area (Å²) in [6, 6.07) is 17.3. The number of fused-ring (bicyclic) bond motifs is 1. The van der Waals surface area contributed by atoms with Crippen molar-refractivity contribution in [1.82, 2.24) is 0 Å². The van der Waals surface area contributed by atoms with E-state index in [9.17, 15) is 24.1 Å². The van der Waals surface area contributed by atoms with Crippen LogP contribution in [0.2, 0.25) is 0 Å². The molecule has 3 aromatic carbocycles. The van der Waals surface area contributed by atoms with Crippen LogP contribution in [0.1, 0.15) is 20.9 Å². The molecule has 0 saturated carbocycles. The van der Waals surface area contributed by atoms with Crippen molar-refractivity contribution in [1.29, 1.82) is 0 Å². The van der Waals surface area contributed by atoms with E-state index in [1.807, 2.05) is 0 Å². The third-order valence-corrected chi connectivity index (χ3v) is 4.50. The first-order valence-electron chi connectivity index (χ1n) is 9.07. The number of carbonyl (C=O) groups excluding carboxylic acids is 2. The smallest absolute Gasteiger partial charge is 0.293 e. The summed E-state index contributed by atoms with van der Waals surface area (Å²) in [5, 5.41) is 16.3. The first-order chi connectivity index (χ1) is 14.9. The van der Waals surface area contributed by atoms with E-state index in [4.69, 9.17) is 4.42 Å². The third-order valence-electron chi connectivity index (χ3n) is 4.50. The van der Waals surface area contributed by atoms with Crippen LogP contribution in [0.5, 0.6) is 0 Å². The molecular formula is C22H14FN3O5. The SMILES string of the molecule is O=C(Nc1c(C(=O)Nc2ccccc2F)oc2ccccc12)c1ccc([N+](=O)[O-])cc1. The van der Waals surface area contributed by atoms with Crippen molar-refractivity contribution < 1.29 is 23.3 Å². The van der Waals surface area contributed by atoms with Gasteiger partial charge >= 0.3 is 0 Å². The quantitative estimate of drug-likeness (QED) is 0.350. The predicted molar refractivity (Wildman–Crippen MR) is 112 cm³/mol. The molecule has 0 bridgehead atoms. The molecule has 0 unspecified atom stereocenters. The number of para-hydroxylation sites is 2. The van der Waals surface area contributed by atoms with E-state index in [-0.39, 0.29) is 28.4 Å². The summed E-state index contributed by atoms with van der Waals surface area (Å²) in [6.07, 6.45) is 0. The van der Waals surface area contributed by atoms with E-state index in [0.29, 0.717) is 11.0 Å². The van der Waals surface area contributed by atoms with Crippen LogP contribution < -0.4 is 10.6 Å². The highest BCUT2D eigenvalue weighted by atomic mass is 19.1. The molecule has 1 heterocycles. The van der Waals surface area contributed by atoms with Gasteiger partial charge in [-0.05, 0) is 36.4 Å². The number of benzene rings is 3. The third kappa shape index (κ3) is 3.97. The van der Waals surface area contributed by atoms with E-state index in [0.717, 1.165) is 0 Å². The molecule has 0 aliphatic rings. The van der Waals surface area contributed by atoms with Gasteiger partial charge in [-0.2, -0.15) is 0 Å². The monoisotopic (exact) mass is 419 g/mol. The molecule has 4 aromatic rings. The maximum atomic E-state index is 13.9. The van der Waals surface area contributed by atoms with Gasteiger partial charge in [0.25, 0.3) is 17.5 Å². The van der Waals surface area contributed by atoms with Crippen LogP contribution in [-0.4, -0.2) is 16.7 Å². The lowest BCUT2D eigenvalue weighted by atomic mass is 10.1. The number of rotatable bonds is 5. The number of non-ortho nitro benzene ring substituents is 1. The summed E-state index contributed by atoms with van der Waals surface area (Å²) in [5.41, 5.74) is 0.403. The molecule has 31 heavy (non-hydrogen) atoms. The molecule has 154 valence electrons. The normalized spacial score (nSPS) is 10.6. The first-order valence-corrected chi connectivity index (χ1v) is 9.07. The molecule has 8 nitrogen and oxygen atoms in total. The predicted octanol–water partition coefficient (Wildman–Crippen LogP) is 4.98. The molecule has 4 rings (SSSR count). The summed E-state index contributed by atoms with van der Waals surface area (Å²) in [7, 11) is 0. The first kappa shape index (κ1) is 19.8. The topological polar surface area (TPSA) is 114 Å². The van der Waals surface area contributed by atoms with E-state index < -0.39 is 22.6 Å². The Bertz CT molecular complexity index is 1310. The van der Waals surface area contributed by atoms with Gasteiger partial charge < -0.3 is 15.1 Å². The number of nitrogens with zero attached hydrogens (tertiary/aromatic N) is 1. The fraction of sp³-hybridized carbons (Fsp3) is 0. The Morgan fingerprint density at radius 2 is 1.55 bits per heavy atom. The summed E-state index contributed by atoms with van der Waals surface area (Å²) in [4.78, 5) is 35.7. The second kappa shape index (κ2) is 8.07. The van der Waals surface area contributed by atoms with Crippen molar-refractivity contribution in [2.24, 2.45) is 0 Å². The average molecular weight is 419 g/mol. The van der Waals surface area contributed by atoms with Crippen molar-refractivity contribution in [2.45, 2.75) is 0 Å². The van der Waals surface area contributed by atoms with Gasteiger partial charge in [0.1, 0.15) is 17.1 Å². The molecule has 0 fully saturated rings. The van der Waals surface area contributed by atoms with E-state index >= 15 is 0 Å². The Labute approximate surface area is 174 Å². The highest BCUT2D eigenvalue weighted by Gasteiger charge is 2.23. The zero-order valence-corrected chi connectivity index (χ0v) is 15.8. The number of anilines is 2. The Morgan fingerprint density at radius 3 is 2.26 bits per heavy atom. The van der Waals surface area contributed by atoms with Gasteiger partial charge in [0, 0.05) is 23.1 Å². The van der Waals surface area contributed by atoms with Gasteiger partial charge in [-0.3, -0.25) is 19.7 Å². The molecular weight excluding hydrogens is 405 g/mol. The zero-order valence-electron chi connectivity index (χ0n) is 15.8. The highest BCUT2D eigenvalue weighted by molar-refractivity contribution is 6.16. The fourth-order valence-electron chi connectivity index (χ4n) is 2.99. The fourth-order valence-corrected chi connectivity index (χ4v) is 2.99. The van der Waals surface area contributed by atoms with Gasteiger partial charge in [-0.25, -0.2) is 4.39 Å². The molecule has 2 amide bonds. The number of hydrogen-bond acceptors (Lipinski definition) is 5. The lowest BCUT2D eigenvalue weighted by Gasteiger charge is -2.08. The molecule has 0 spiro atoms. The number of halogens is 1. The van der Waals surface area contributed by atoms with Crippen LogP contribution in [0.4, 0.5) is 21.5 Å². The van der Waals surface area contributed by atoms with E-state index in [2.05, 4.69) is 10.6 Å². The molecule has 0 aliphatic carbocycles. The number of nitro groups is 1.